The molecule has 4 heteroatoms. The van der Waals surface area contributed by atoms with Crippen molar-refractivity contribution in [2.75, 3.05) is 18.0 Å². The molecule has 0 amide bonds. The number of hydrogen-bond donors (Lipinski definition) is 1. The number of aliphatic hydroxyl groups is 1. The molecule has 1 saturated heterocycles. The second-order valence-corrected chi connectivity index (χ2v) is 4.52. The van der Waals surface area contributed by atoms with Crippen molar-refractivity contribution in [3.05, 3.63) is 18.0 Å². The van der Waals surface area contributed by atoms with Crippen molar-refractivity contribution >= 4 is 5.95 Å². The number of anilines is 1. The average Bonchev–Trinajstić information content (AvgIpc) is 2.33. The number of rotatable bonds is 2. The maximum atomic E-state index is 9.66. The summed E-state index contributed by atoms with van der Waals surface area (Å²) in [5.41, 5.74) is 1.16. The quantitative estimate of drug-likeness (QED) is 0.816. The Bertz CT molecular complexity index is 339. The minimum Gasteiger partial charge on any atom is -0.393 e. The molecule has 1 aromatic rings. The van der Waals surface area contributed by atoms with Gasteiger partial charge in [0.15, 0.2) is 0 Å². The lowest BCUT2D eigenvalue weighted by Gasteiger charge is -2.34. The molecule has 1 fully saturated rings. The Hall–Kier alpha value is -1.16. The van der Waals surface area contributed by atoms with Gasteiger partial charge in [0, 0.05) is 25.5 Å². The van der Waals surface area contributed by atoms with Gasteiger partial charge in [-0.2, -0.15) is 0 Å². The predicted octanol–water partition coefficient (Wildman–Crippen LogP) is 1.25. The third-order valence-corrected chi connectivity index (χ3v) is 3.24. The highest BCUT2D eigenvalue weighted by Crippen LogP contribution is 2.20. The topological polar surface area (TPSA) is 49.2 Å². The molecule has 1 aliphatic rings. The van der Waals surface area contributed by atoms with E-state index in [4.69, 9.17) is 0 Å². The summed E-state index contributed by atoms with van der Waals surface area (Å²) in [5.74, 6) is 1.08. The van der Waals surface area contributed by atoms with Crippen molar-refractivity contribution in [2.24, 2.45) is 5.92 Å². The average molecular weight is 221 g/mol. The number of aliphatic hydroxyl groups excluding tert-OH is 1. The fourth-order valence-corrected chi connectivity index (χ4v) is 2.01. The van der Waals surface area contributed by atoms with E-state index in [1.54, 1.807) is 0 Å². The summed E-state index contributed by atoms with van der Waals surface area (Å²) in [4.78, 5) is 10.9. The zero-order valence-electron chi connectivity index (χ0n) is 9.93. The van der Waals surface area contributed by atoms with Crippen LogP contribution in [0.3, 0.4) is 0 Å². The van der Waals surface area contributed by atoms with Crippen molar-refractivity contribution in [2.45, 2.75) is 32.8 Å². The van der Waals surface area contributed by atoms with Crippen LogP contribution in [0.1, 0.15) is 25.8 Å². The molecule has 1 aliphatic heterocycles. The summed E-state index contributed by atoms with van der Waals surface area (Å²) < 4.78 is 0. The number of aromatic nitrogens is 2. The van der Waals surface area contributed by atoms with E-state index < -0.39 is 0 Å². The zero-order valence-corrected chi connectivity index (χ0v) is 9.93. The van der Waals surface area contributed by atoms with Crippen molar-refractivity contribution in [3.63, 3.8) is 0 Å². The van der Waals surface area contributed by atoms with Crippen LogP contribution in [0.2, 0.25) is 0 Å². The molecular weight excluding hydrogens is 202 g/mol. The molecule has 0 radical (unpaired) electrons. The number of hydrogen-bond acceptors (Lipinski definition) is 4. The molecular formula is C12H19N3O. The van der Waals surface area contributed by atoms with E-state index in [-0.39, 0.29) is 6.10 Å². The largest absolute Gasteiger partial charge is 0.393 e. The van der Waals surface area contributed by atoms with Gasteiger partial charge >= 0.3 is 0 Å². The Morgan fingerprint density at radius 3 is 2.69 bits per heavy atom. The van der Waals surface area contributed by atoms with Crippen molar-refractivity contribution < 1.29 is 5.11 Å². The van der Waals surface area contributed by atoms with Gasteiger partial charge in [0.25, 0.3) is 0 Å². The summed E-state index contributed by atoms with van der Waals surface area (Å²) in [7, 11) is 0. The predicted molar refractivity (Wildman–Crippen MR) is 63.4 cm³/mol. The van der Waals surface area contributed by atoms with E-state index in [2.05, 4.69) is 28.7 Å². The first-order chi connectivity index (χ1) is 7.70. The van der Waals surface area contributed by atoms with Crippen molar-refractivity contribution in [1.82, 2.24) is 9.97 Å². The summed E-state index contributed by atoms with van der Waals surface area (Å²) >= 11 is 0. The first-order valence-corrected chi connectivity index (χ1v) is 5.94. The maximum absolute atomic E-state index is 9.66. The lowest BCUT2D eigenvalue weighted by atomic mass is 9.97. The van der Waals surface area contributed by atoms with Crippen LogP contribution in [0, 0.1) is 5.92 Å². The van der Waals surface area contributed by atoms with Crippen molar-refractivity contribution in [3.8, 4) is 0 Å². The van der Waals surface area contributed by atoms with Crippen LogP contribution in [0.4, 0.5) is 5.95 Å². The fourth-order valence-electron chi connectivity index (χ4n) is 2.01. The van der Waals surface area contributed by atoms with Crippen LogP contribution in [0.25, 0.3) is 0 Å². The SMILES string of the molecule is CCc1cnc(N2CC[C@H](O)[C@H](C)C2)nc1. The Morgan fingerprint density at radius 2 is 2.12 bits per heavy atom. The minimum atomic E-state index is -0.175. The second kappa shape index (κ2) is 4.78. The van der Waals surface area contributed by atoms with Gasteiger partial charge in [0.05, 0.1) is 6.10 Å². The normalized spacial score (nSPS) is 25.8. The molecule has 0 aromatic carbocycles. The maximum Gasteiger partial charge on any atom is 0.225 e. The Kier molecular flexibility index (Phi) is 3.39. The second-order valence-electron chi connectivity index (χ2n) is 4.52. The molecule has 2 rings (SSSR count). The smallest absolute Gasteiger partial charge is 0.225 e. The highest BCUT2D eigenvalue weighted by molar-refractivity contribution is 5.30. The van der Waals surface area contributed by atoms with Gasteiger partial charge in [0.1, 0.15) is 0 Å². The van der Waals surface area contributed by atoms with E-state index in [9.17, 15) is 5.11 Å². The molecule has 0 aliphatic carbocycles. The fraction of sp³-hybridized carbons (Fsp3) is 0.667. The van der Waals surface area contributed by atoms with Crippen LogP contribution >= 0.6 is 0 Å². The van der Waals surface area contributed by atoms with Gasteiger partial charge in [-0.3, -0.25) is 0 Å². The first kappa shape index (κ1) is 11.3. The van der Waals surface area contributed by atoms with E-state index in [0.717, 1.165) is 37.4 Å². The van der Waals surface area contributed by atoms with Crippen LogP contribution in [-0.4, -0.2) is 34.3 Å². The molecule has 0 saturated carbocycles. The third kappa shape index (κ3) is 2.32. The molecule has 1 aromatic heterocycles. The summed E-state index contributed by atoms with van der Waals surface area (Å²) in [5, 5.41) is 9.66. The van der Waals surface area contributed by atoms with E-state index in [1.807, 2.05) is 12.4 Å². The van der Waals surface area contributed by atoms with Gasteiger partial charge in [0.2, 0.25) is 5.95 Å². The molecule has 0 spiro atoms. The molecule has 2 atom stereocenters. The summed E-state index contributed by atoms with van der Waals surface area (Å²) in [6.07, 6.45) is 5.37. The molecule has 4 nitrogen and oxygen atoms in total. The first-order valence-electron chi connectivity index (χ1n) is 5.94. The van der Waals surface area contributed by atoms with Gasteiger partial charge in [-0.15, -0.1) is 0 Å². The molecule has 0 unspecified atom stereocenters. The van der Waals surface area contributed by atoms with E-state index in [0.29, 0.717) is 5.92 Å². The lowest BCUT2D eigenvalue weighted by molar-refractivity contribution is 0.0966. The Balaban J connectivity index is 2.06. The van der Waals surface area contributed by atoms with Gasteiger partial charge in [-0.25, -0.2) is 9.97 Å². The molecule has 2 heterocycles. The highest BCUT2D eigenvalue weighted by atomic mass is 16.3. The van der Waals surface area contributed by atoms with Gasteiger partial charge in [-0.05, 0) is 24.3 Å². The third-order valence-electron chi connectivity index (χ3n) is 3.24. The number of aryl methyl sites for hydroxylation is 1. The molecule has 0 bridgehead atoms. The monoisotopic (exact) mass is 221 g/mol. The summed E-state index contributed by atoms with van der Waals surface area (Å²) in [6.45, 7) is 5.85. The van der Waals surface area contributed by atoms with Crippen LogP contribution < -0.4 is 4.90 Å². The summed E-state index contributed by atoms with van der Waals surface area (Å²) in [6, 6.07) is 0. The lowest BCUT2D eigenvalue weighted by Crippen LogP contribution is -2.42. The van der Waals surface area contributed by atoms with Gasteiger partial charge < -0.3 is 10.0 Å². The number of nitrogens with zero attached hydrogens (tertiary/aromatic N) is 3. The van der Waals surface area contributed by atoms with E-state index >= 15 is 0 Å². The van der Waals surface area contributed by atoms with E-state index in [1.165, 1.54) is 0 Å². The molecule has 16 heavy (non-hydrogen) atoms. The number of piperidine rings is 1. The Labute approximate surface area is 96.3 Å². The van der Waals surface area contributed by atoms with Crippen molar-refractivity contribution in [1.29, 1.82) is 0 Å². The van der Waals surface area contributed by atoms with Crippen LogP contribution in [-0.2, 0) is 6.42 Å². The molecule has 88 valence electrons. The van der Waals surface area contributed by atoms with Gasteiger partial charge in [-0.1, -0.05) is 13.8 Å². The van der Waals surface area contributed by atoms with Crippen LogP contribution in [0.5, 0.6) is 0 Å². The zero-order chi connectivity index (χ0) is 11.5. The Morgan fingerprint density at radius 1 is 1.44 bits per heavy atom. The van der Waals surface area contributed by atoms with Crippen LogP contribution in [0.15, 0.2) is 12.4 Å². The molecule has 1 N–H and O–H groups in total. The minimum absolute atomic E-state index is 0.175. The standard InChI is InChI=1S/C12H19N3O/c1-3-10-6-13-12(14-7-10)15-5-4-11(16)9(2)8-15/h6-7,9,11,16H,3-5,8H2,1-2H3/t9-,11+/m1/s1. The highest BCUT2D eigenvalue weighted by Gasteiger charge is 2.25.